The van der Waals surface area contributed by atoms with Crippen LogP contribution in [0.2, 0.25) is 0 Å². The summed E-state index contributed by atoms with van der Waals surface area (Å²) in [6.07, 6.45) is 9.32. The fraction of sp³-hybridized carbons (Fsp3) is 1.00. The maximum atomic E-state index is 4.81. The number of hydrogen-bond donors (Lipinski definition) is 0. The van der Waals surface area contributed by atoms with Gasteiger partial charge in [-0.1, -0.05) is 44.9 Å². The topological polar surface area (TPSA) is 28.2 Å². The molecule has 100 valence electrons. The van der Waals surface area contributed by atoms with E-state index in [-0.39, 0.29) is 15.9 Å². The van der Waals surface area contributed by atoms with Crippen molar-refractivity contribution in [3.8, 4) is 0 Å². The van der Waals surface area contributed by atoms with E-state index in [1.165, 1.54) is 44.9 Å². The first-order chi connectivity index (χ1) is 7.86. The summed E-state index contributed by atoms with van der Waals surface area (Å²) in [7, 11) is 9.63. The van der Waals surface area contributed by atoms with Gasteiger partial charge in [0.2, 0.25) is 0 Å². The first-order valence-electron chi connectivity index (χ1n) is 6.02. The van der Waals surface area contributed by atoms with E-state index in [4.69, 9.17) is 19.1 Å². The number of nitrogens with zero attached hydrogens (tertiary/aromatic N) is 2. The third-order valence-electron chi connectivity index (χ3n) is 3.21. The van der Waals surface area contributed by atoms with Gasteiger partial charge in [-0.15, -0.1) is 25.2 Å². The van der Waals surface area contributed by atoms with Crippen LogP contribution in [0, 0.1) is 0 Å². The van der Waals surface area contributed by atoms with Crippen LogP contribution in [0.4, 0.5) is 0 Å². The van der Waals surface area contributed by atoms with Crippen LogP contribution in [-0.4, -0.2) is 25.2 Å². The van der Waals surface area contributed by atoms with Gasteiger partial charge in [-0.2, -0.15) is 0 Å². The molecule has 2 heterocycles. The summed E-state index contributed by atoms with van der Waals surface area (Å²) < 4.78 is 0. The maximum absolute atomic E-state index is 4.81. The fourth-order valence-electron chi connectivity index (χ4n) is 2.41. The minimum atomic E-state index is -0.106. The Morgan fingerprint density at radius 3 is 1.62 bits per heavy atom. The van der Waals surface area contributed by atoms with Gasteiger partial charge in [0.15, 0.2) is 0 Å². The predicted octanol–water partition coefficient (Wildman–Crippen LogP) is 4.61. The molecule has 2 fully saturated rings. The van der Waals surface area contributed by atoms with Crippen molar-refractivity contribution in [2.45, 2.75) is 57.0 Å². The van der Waals surface area contributed by atoms with Crippen molar-refractivity contribution in [1.29, 1.82) is 0 Å². The zero-order valence-corrected chi connectivity index (χ0v) is 12.6. The van der Waals surface area contributed by atoms with E-state index < -0.39 is 0 Å². The molecule has 0 saturated carbocycles. The molecule has 0 aromatic heterocycles. The van der Waals surface area contributed by atoms with Gasteiger partial charge in [-0.25, -0.2) is 0 Å². The molecule has 0 aliphatic carbocycles. The molecule has 2 nitrogen and oxygen atoms in total. The molecular weight excluding hydrogens is 337 g/mol. The van der Waals surface area contributed by atoms with E-state index in [0.29, 0.717) is 12.1 Å². The molecule has 0 radical (unpaired) electrons. The first-order valence-corrected chi connectivity index (χ1v) is 10.0. The zero-order valence-electron chi connectivity index (χ0n) is 9.49. The molecule has 2 unspecified atom stereocenters. The van der Waals surface area contributed by atoms with Gasteiger partial charge in [0.1, 0.15) is 0 Å². The molecule has 0 aromatic rings. The van der Waals surface area contributed by atoms with Crippen LogP contribution in [0.15, 0.2) is 0 Å². The average molecular weight is 358 g/mol. The summed E-state index contributed by atoms with van der Waals surface area (Å²) in [4.78, 5) is 0. The van der Waals surface area contributed by atoms with Crippen molar-refractivity contribution >= 4 is 19.1 Å². The van der Waals surface area contributed by atoms with Gasteiger partial charge in [0, 0.05) is 0 Å². The van der Waals surface area contributed by atoms with Crippen molar-refractivity contribution in [1.82, 2.24) is 0 Å². The second kappa shape index (κ2) is 10.1. The van der Waals surface area contributed by atoms with Gasteiger partial charge in [-0.05, 0) is 0 Å². The molecule has 0 aromatic carbocycles. The summed E-state index contributed by atoms with van der Waals surface area (Å²) in [5, 5.41) is 9.33. The molecule has 2 atom stereocenters. The van der Waals surface area contributed by atoms with Gasteiger partial charge in [-0.3, -0.25) is 0 Å². The van der Waals surface area contributed by atoms with E-state index >= 15 is 0 Å². The number of rotatable bonds is 2. The molecule has 0 N–H and O–H groups in total. The molecule has 5 heteroatoms. The van der Waals surface area contributed by atoms with Crippen molar-refractivity contribution in [3.63, 3.8) is 0 Å². The standard InChI is InChI=1S/C11H20N2.2ClH.Pd/c1-3-7-12-10(5-1)9-11-6-2-4-8-13-11;;;/h10-11H,1-9H2;2*1H;/q-2;;;+2/p-2. The number of hydrogen-bond acceptors (Lipinski definition) is 0. The molecule has 0 amide bonds. The quantitative estimate of drug-likeness (QED) is 0.646. The summed E-state index contributed by atoms with van der Waals surface area (Å²) in [6, 6.07) is 1.31. The monoisotopic (exact) mass is 356 g/mol. The molecule has 16 heavy (non-hydrogen) atoms. The SMILES string of the molecule is C1CCC(CC2CCCC[N-]2)[N-]C1.[Cl][Pd][Cl]. The van der Waals surface area contributed by atoms with Gasteiger partial charge in [0.25, 0.3) is 0 Å². The Balaban J connectivity index is 0.000000386. The summed E-state index contributed by atoms with van der Waals surface area (Å²) in [5.41, 5.74) is 0. The van der Waals surface area contributed by atoms with Crippen LogP contribution in [-0.2, 0) is 15.9 Å². The second-order valence-electron chi connectivity index (χ2n) is 4.39. The number of halogens is 2. The molecule has 2 rings (SSSR count). The first kappa shape index (κ1) is 15.2. The Hall–Kier alpha value is 1.16. The van der Waals surface area contributed by atoms with Crippen molar-refractivity contribution in [3.05, 3.63) is 10.6 Å². The fourth-order valence-corrected chi connectivity index (χ4v) is 2.41. The zero-order chi connectivity index (χ0) is 11.6. The summed E-state index contributed by atoms with van der Waals surface area (Å²) in [5.74, 6) is 0. The van der Waals surface area contributed by atoms with Crippen LogP contribution in [0.25, 0.3) is 10.6 Å². The van der Waals surface area contributed by atoms with E-state index in [9.17, 15) is 0 Å². The normalized spacial score (nSPS) is 30.6. The van der Waals surface area contributed by atoms with E-state index in [1.807, 2.05) is 0 Å². The summed E-state index contributed by atoms with van der Waals surface area (Å²) >= 11 is -0.106. The predicted molar refractivity (Wildman–Crippen MR) is 68.1 cm³/mol. The van der Waals surface area contributed by atoms with E-state index in [1.54, 1.807) is 0 Å². The third-order valence-corrected chi connectivity index (χ3v) is 3.21. The van der Waals surface area contributed by atoms with Gasteiger partial charge >= 0.3 is 35.0 Å². The van der Waals surface area contributed by atoms with E-state index in [2.05, 4.69) is 10.6 Å². The molecule has 0 spiro atoms. The van der Waals surface area contributed by atoms with Crippen molar-refractivity contribution < 1.29 is 15.9 Å². The Labute approximate surface area is 115 Å². The Morgan fingerprint density at radius 1 is 0.875 bits per heavy atom. The van der Waals surface area contributed by atoms with Gasteiger partial charge < -0.3 is 10.6 Å². The van der Waals surface area contributed by atoms with Crippen LogP contribution < -0.4 is 0 Å². The molecule has 0 bridgehead atoms. The summed E-state index contributed by atoms with van der Waals surface area (Å²) in [6.45, 7) is 2.22. The van der Waals surface area contributed by atoms with Crippen LogP contribution >= 0.6 is 19.1 Å². The molecular formula is C11H20Cl2N2Pd-2. The van der Waals surface area contributed by atoms with Crippen molar-refractivity contribution in [2.24, 2.45) is 0 Å². The van der Waals surface area contributed by atoms with Gasteiger partial charge in [0.05, 0.1) is 0 Å². The van der Waals surface area contributed by atoms with Crippen LogP contribution in [0.3, 0.4) is 0 Å². The molecule has 2 aliphatic heterocycles. The molecule has 2 saturated heterocycles. The molecule has 2 aliphatic rings. The van der Waals surface area contributed by atoms with Crippen LogP contribution in [0.1, 0.15) is 44.9 Å². The Morgan fingerprint density at radius 2 is 1.31 bits per heavy atom. The van der Waals surface area contributed by atoms with Crippen LogP contribution in [0.5, 0.6) is 0 Å². The number of piperidine rings is 2. The second-order valence-corrected chi connectivity index (χ2v) is 6.75. The van der Waals surface area contributed by atoms with Crippen molar-refractivity contribution in [2.75, 3.05) is 13.1 Å². The Kier molecular flexibility index (Phi) is 9.63. The average Bonchev–Trinajstić information content (AvgIpc) is 2.33. The van der Waals surface area contributed by atoms with E-state index in [0.717, 1.165) is 13.1 Å². The third kappa shape index (κ3) is 6.79. The Bertz CT molecular complexity index is 144. The minimum absolute atomic E-state index is 0.106.